The molecule has 4 saturated carbocycles. The van der Waals surface area contributed by atoms with E-state index in [0.29, 0.717) is 23.9 Å². The summed E-state index contributed by atoms with van der Waals surface area (Å²) in [6.45, 7) is 19.7. The van der Waals surface area contributed by atoms with E-state index in [9.17, 15) is 14.4 Å². The Morgan fingerprint density at radius 2 is 1.62 bits per heavy atom. The second-order valence-corrected chi connectivity index (χ2v) is 16.8. The van der Waals surface area contributed by atoms with Crippen LogP contribution in [0.2, 0.25) is 0 Å². The number of Topliss-reactive ketones (excluding diaryl/α,β-unsaturated/α-hetero) is 1. The van der Waals surface area contributed by atoms with Gasteiger partial charge in [-0.25, -0.2) is 0 Å². The second-order valence-electron chi connectivity index (χ2n) is 16.8. The number of carbonyl (C=O) groups is 3. The highest BCUT2D eigenvalue weighted by Gasteiger charge is 2.70. The van der Waals surface area contributed by atoms with E-state index >= 15 is 0 Å². The van der Waals surface area contributed by atoms with Crippen molar-refractivity contribution in [1.82, 2.24) is 10.2 Å². The molecule has 40 heavy (non-hydrogen) atoms. The van der Waals surface area contributed by atoms with Crippen LogP contribution in [0.4, 0.5) is 0 Å². The summed E-state index contributed by atoms with van der Waals surface area (Å²) in [4.78, 5) is 43.7. The van der Waals surface area contributed by atoms with E-state index in [-0.39, 0.29) is 50.2 Å². The second kappa shape index (κ2) is 9.01. The van der Waals surface area contributed by atoms with Crippen molar-refractivity contribution in [3.05, 3.63) is 11.6 Å². The predicted octanol–water partition coefficient (Wildman–Crippen LogP) is 6.36. The Kier molecular flexibility index (Phi) is 6.44. The van der Waals surface area contributed by atoms with E-state index in [0.717, 1.165) is 77.5 Å². The molecule has 0 aromatic carbocycles. The largest absolute Gasteiger partial charge is 0.341 e. The van der Waals surface area contributed by atoms with Crippen molar-refractivity contribution in [1.29, 1.82) is 0 Å². The molecular formula is C35H54N2O3. The Morgan fingerprint density at radius 1 is 0.900 bits per heavy atom. The summed E-state index contributed by atoms with van der Waals surface area (Å²) in [5.74, 6) is 1.52. The highest BCUT2D eigenvalue weighted by molar-refractivity contribution is 5.96. The van der Waals surface area contributed by atoms with E-state index in [1.165, 1.54) is 12.0 Å². The molecule has 5 heteroatoms. The van der Waals surface area contributed by atoms with Gasteiger partial charge in [-0.15, -0.1) is 0 Å². The monoisotopic (exact) mass is 550 g/mol. The zero-order valence-corrected chi connectivity index (χ0v) is 26.4. The van der Waals surface area contributed by atoms with Crippen LogP contribution in [0.25, 0.3) is 0 Å². The molecule has 5 nitrogen and oxygen atoms in total. The molecule has 0 aromatic rings. The number of nitrogens with one attached hydrogen (secondary N) is 1. The molecule has 0 spiro atoms. The molecule has 5 fully saturated rings. The van der Waals surface area contributed by atoms with Crippen LogP contribution in [0.1, 0.15) is 113 Å². The van der Waals surface area contributed by atoms with E-state index < -0.39 is 0 Å². The molecule has 222 valence electrons. The lowest BCUT2D eigenvalue weighted by molar-refractivity contribution is -0.188. The minimum absolute atomic E-state index is 0.0366. The number of fused-ring (bicyclic) bond motifs is 7. The Morgan fingerprint density at radius 3 is 2.38 bits per heavy atom. The summed E-state index contributed by atoms with van der Waals surface area (Å²) in [7, 11) is 0. The summed E-state index contributed by atoms with van der Waals surface area (Å²) in [5.41, 5.74) is 0.467. The van der Waals surface area contributed by atoms with Gasteiger partial charge in [0.15, 0.2) is 5.78 Å². The van der Waals surface area contributed by atoms with Crippen molar-refractivity contribution in [2.24, 2.45) is 50.2 Å². The lowest BCUT2D eigenvalue weighted by Gasteiger charge is -2.70. The number of amides is 1. The first-order chi connectivity index (χ1) is 18.6. The van der Waals surface area contributed by atoms with Crippen LogP contribution in [0, 0.1) is 50.2 Å². The van der Waals surface area contributed by atoms with Gasteiger partial charge in [0.1, 0.15) is 5.78 Å². The SMILES string of the molecule is CC1(C)C(=O)CC[C@]2(C)[C@H]3C(=O)C=C4[C@H]5C[C@](C)(C(=O)N6CCCNCC6)CC[C@]5(C)CC[C@@]4(C)[C@]3(C)CC[C@@H]12. The quantitative estimate of drug-likeness (QED) is 0.413. The number of nitrogens with zero attached hydrogens (tertiary/aromatic N) is 1. The van der Waals surface area contributed by atoms with Crippen LogP contribution in [0.3, 0.4) is 0 Å². The van der Waals surface area contributed by atoms with Crippen molar-refractivity contribution in [2.45, 2.75) is 113 Å². The van der Waals surface area contributed by atoms with Gasteiger partial charge in [-0.05, 0) is 104 Å². The standard InChI is InChI=1S/C35H54N2O3/c1-30(2)26-9-12-35(7)28(33(26,5)11-10-27(30)39)25(38)21-23-24-22-32(4,29(40)37-19-8-17-36-18-20-37)14-13-31(24,3)15-16-34(23,35)6/h21,24,26,28,36H,8-20,22H2,1-7H3/t24-,26+,28-,31-,32-,33+,34-,35-/m1/s1. The zero-order chi connectivity index (χ0) is 28.9. The number of hydrogen-bond acceptors (Lipinski definition) is 4. The summed E-state index contributed by atoms with van der Waals surface area (Å²) < 4.78 is 0. The van der Waals surface area contributed by atoms with Gasteiger partial charge in [-0.2, -0.15) is 0 Å². The zero-order valence-electron chi connectivity index (χ0n) is 26.4. The molecule has 0 aromatic heterocycles. The summed E-state index contributed by atoms with van der Waals surface area (Å²) in [6.07, 6.45) is 11.8. The molecule has 0 radical (unpaired) electrons. The first-order valence-electron chi connectivity index (χ1n) is 16.4. The maximum absolute atomic E-state index is 14.5. The fourth-order valence-corrected chi connectivity index (χ4v) is 11.6. The van der Waals surface area contributed by atoms with Crippen LogP contribution >= 0.6 is 0 Å². The van der Waals surface area contributed by atoms with Crippen molar-refractivity contribution >= 4 is 17.5 Å². The molecular weight excluding hydrogens is 496 g/mol. The fourth-order valence-electron chi connectivity index (χ4n) is 11.6. The van der Waals surface area contributed by atoms with Crippen molar-refractivity contribution in [2.75, 3.05) is 26.2 Å². The molecule has 6 rings (SSSR count). The summed E-state index contributed by atoms with van der Waals surface area (Å²) in [5, 5.41) is 3.45. The lowest BCUT2D eigenvalue weighted by atomic mass is 9.33. The lowest BCUT2D eigenvalue weighted by Crippen LogP contribution is -2.66. The van der Waals surface area contributed by atoms with Crippen LogP contribution in [-0.4, -0.2) is 48.6 Å². The fraction of sp³-hybridized carbons (Fsp3) is 0.857. The number of rotatable bonds is 1. The van der Waals surface area contributed by atoms with Gasteiger partial charge >= 0.3 is 0 Å². The molecule has 0 bridgehead atoms. The maximum atomic E-state index is 14.5. The molecule has 8 atom stereocenters. The summed E-state index contributed by atoms with van der Waals surface area (Å²) in [6, 6.07) is 0. The van der Waals surface area contributed by atoms with Crippen LogP contribution in [0.15, 0.2) is 11.6 Å². The van der Waals surface area contributed by atoms with E-state index in [4.69, 9.17) is 0 Å². The van der Waals surface area contributed by atoms with Crippen molar-refractivity contribution in [3.8, 4) is 0 Å². The van der Waals surface area contributed by atoms with Gasteiger partial charge in [0, 0.05) is 42.8 Å². The Bertz CT molecular complexity index is 1150. The first kappa shape index (κ1) is 28.6. The first-order valence-corrected chi connectivity index (χ1v) is 16.4. The van der Waals surface area contributed by atoms with Gasteiger partial charge < -0.3 is 10.2 Å². The molecule has 1 saturated heterocycles. The molecule has 1 N–H and O–H groups in total. The number of allylic oxidation sites excluding steroid dienone is 2. The minimum atomic E-state index is -0.369. The number of carbonyl (C=O) groups excluding carboxylic acids is 3. The minimum Gasteiger partial charge on any atom is -0.341 e. The molecule has 1 aliphatic heterocycles. The highest BCUT2D eigenvalue weighted by Crippen LogP contribution is 2.74. The average molecular weight is 551 g/mol. The molecule has 0 unspecified atom stereocenters. The van der Waals surface area contributed by atoms with Gasteiger partial charge in [-0.3, -0.25) is 14.4 Å². The van der Waals surface area contributed by atoms with Gasteiger partial charge in [-0.1, -0.05) is 54.0 Å². The van der Waals surface area contributed by atoms with E-state index in [1.807, 2.05) is 0 Å². The topological polar surface area (TPSA) is 66.5 Å². The average Bonchev–Trinajstić information content (AvgIpc) is 3.18. The Labute approximate surface area is 242 Å². The van der Waals surface area contributed by atoms with Gasteiger partial charge in [0.25, 0.3) is 0 Å². The van der Waals surface area contributed by atoms with Crippen LogP contribution < -0.4 is 5.32 Å². The Balaban J connectivity index is 1.38. The molecule has 1 amide bonds. The predicted molar refractivity (Wildman–Crippen MR) is 159 cm³/mol. The van der Waals surface area contributed by atoms with Gasteiger partial charge in [0.05, 0.1) is 0 Å². The third-order valence-corrected chi connectivity index (χ3v) is 14.5. The van der Waals surface area contributed by atoms with Crippen molar-refractivity contribution in [3.63, 3.8) is 0 Å². The third-order valence-electron chi connectivity index (χ3n) is 14.5. The highest BCUT2D eigenvalue weighted by atomic mass is 16.2. The van der Waals surface area contributed by atoms with E-state index in [1.54, 1.807) is 0 Å². The van der Waals surface area contributed by atoms with Gasteiger partial charge in [0.2, 0.25) is 5.91 Å². The maximum Gasteiger partial charge on any atom is 0.228 e. The Hall–Kier alpha value is -1.49. The summed E-state index contributed by atoms with van der Waals surface area (Å²) >= 11 is 0. The third kappa shape index (κ3) is 3.70. The van der Waals surface area contributed by atoms with Crippen LogP contribution in [-0.2, 0) is 14.4 Å². The van der Waals surface area contributed by atoms with Crippen molar-refractivity contribution < 1.29 is 14.4 Å². The molecule has 5 aliphatic carbocycles. The number of hydrogen-bond donors (Lipinski definition) is 1. The number of ketones is 2. The van der Waals surface area contributed by atoms with E-state index in [2.05, 4.69) is 64.8 Å². The molecule has 1 heterocycles. The molecule has 6 aliphatic rings. The van der Waals surface area contributed by atoms with Crippen LogP contribution in [0.5, 0.6) is 0 Å². The smallest absolute Gasteiger partial charge is 0.228 e. The normalized spacial score (nSPS) is 48.6.